The topological polar surface area (TPSA) is 54.3 Å². The number of carbonyl (C=O) groups is 1. The number of furan rings is 1. The Bertz CT molecular complexity index is 611. The Morgan fingerprint density at radius 1 is 1.20 bits per heavy atom. The van der Waals surface area contributed by atoms with E-state index in [2.05, 4.69) is 10.6 Å². The van der Waals surface area contributed by atoms with Crippen LogP contribution in [-0.2, 0) is 13.1 Å². The summed E-state index contributed by atoms with van der Waals surface area (Å²) in [5.74, 6) is -0.572. The van der Waals surface area contributed by atoms with Gasteiger partial charge in [0.1, 0.15) is 17.4 Å². The number of hydrogen-bond acceptors (Lipinski definition) is 2. The van der Waals surface area contributed by atoms with Crippen molar-refractivity contribution >= 4 is 6.03 Å². The van der Waals surface area contributed by atoms with Gasteiger partial charge in [0.2, 0.25) is 0 Å². The second-order valence-corrected chi connectivity index (χ2v) is 4.34. The van der Waals surface area contributed by atoms with Gasteiger partial charge in [-0.05, 0) is 19.1 Å². The number of nitrogens with one attached hydrogen (secondary N) is 2. The van der Waals surface area contributed by atoms with E-state index in [1.165, 1.54) is 6.07 Å². The smallest absolute Gasteiger partial charge is 0.315 e. The van der Waals surface area contributed by atoms with Crippen LogP contribution in [0.1, 0.15) is 16.9 Å². The number of halogens is 2. The molecular weight excluding hydrogens is 266 g/mol. The van der Waals surface area contributed by atoms with Crippen molar-refractivity contribution in [3.63, 3.8) is 0 Å². The van der Waals surface area contributed by atoms with Crippen molar-refractivity contribution in [1.29, 1.82) is 0 Å². The van der Waals surface area contributed by atoms with Crippen LogP contribution in [0.2, 0.25) is 0 Å². The minimum absolute atomic E-state index is 0.0115. The third kappa shape index (κ3) is 3.81. The summed E-state index contributed by atoms with van der Waals surface area (Å²) in [6, 6.07) is 4.59. The molecule has 2 aromatic rings. The third-order valence-corrected chi connectivity index (χ3v) is 2.69. The fourth-order valence-electron chi connectivity index (χ4n) is 1.68. The molecule has 4 nitrogen and oxygen atoms in total. The largest absolute Gasteiger partial charge is 0.469 e. The van der Waals surface area contributed by atoms with E-state index < -0.39 is 17.7 Å². The van der Waals surface area contributed by atoms with Crippen molar-refractivity contribution in [2.24, 2.45) is 0 Å². The molecule has 0 saturated carbocycles. The van der Waals surface area contributed by atoms with Gasteiger partial charge >= 0.3 is 6.03 Å². The van der Waals surface area contributed by atoms with Crippen LogP contribution >= 0.6 is 0 Å². The Labute approximate surface area is 114 Å². The van der Waals surface area contributed by atoms with Gasteiger partial charge in [0.25, 0.3) is 0 Å². The van der Waals surface area contributed by atoms with Crippen molar-refractivity contribution in [2.75, 3.05) is 0 Å². The van der Waals surface area contributed by atoms with Crippen molar-refractivity contribution in [3.8, 4) is 0 Å². The van der Waals surface area contributed by atoms with Crippen LogP contribution in [0, 0.1) is 18.6 Å². The van der Waals surface area contributed by atoms with Crippen LogP contribution in [-0.4, -0.2) is 6.03 Å². The minimum Gasteiger partial charge on any atom is -0.469 e. The quantitative estimate of drug-likeness (QED) is 0.904. The van der Waals surface area contributed by atoms with Gasteiger partial charge in [0, 0.05) is 30.3 Å². The first-order valence-electron chi connectivity index (χ1n) is 6.04. The maximum atomic E-state index is 13.3. The molecule has 1 aromatic carbocycles. The average Bonchev–Trinajstić information content (AvgIpc) is 2.81. The van der Waals surface area contributed by atoms with Crippen LogP contribution in [0.4, 0.5) is 13.6 Å². The summed E-state index contributed by atoms with van der Waals surface area (Å²) >= 11 is 0. The number of aryl methyl sites for hydroxylation is 1. The van der Waals surface area contributed by atoms with Crippen molar-refractivity contribution in [1.82, 2.24) is 10.6 Å². The van der Waals surface area contributed by atoms with E-state index in [4.69, 9.17) is 4.42 Å². The number of hydrogen-bond donors (Lipinski definition) is 2. The molecule has 0 bridgehead atoms. The zero-order valence-corrected chi connectivity index (χ0v) is 10.9. The molecule has 0 fully saturated rings. The minimum atomic E-state index is -0.684. The van der Waals surface area contributed by atoms with Gasteiger partial charge < -0.3 is 15.1 Å². The molecule has 2 rings (SSSR count). The summed E-state index contributed by atoms with van der Waals surface area (Å²) < 4.78 is 31.1. The molecule has 6 heteroatoms. The standard InChI is InChI=1S/C14H14F2N2O2/c1-9-4-10(8-20-9)6-17-14(19)18-7-11-2-3-12(15)5-13(11)16/h2-5,8H,6-7H2,1H3,(H2,17,18,19). The molecule has 2 amide bonds. The Hall–Kier alpha value is -2.37. The Balaban J connectivity index is 1.80. The molecule has 0 aliphatic carbocycles. The molecule has 0 aliphatic rings. The molecular formula is C14H14F2N2O2. The second-order valence-electron chi connectivity index (χ2n) is 4.34. The van der Waals surface area contributed by atoms with Crippen molar-refractivity contribution in [2.45, 2.75) is 20.0 Å². The molecule has 1 aromatic heterocycles. The van der Waals surface area contributed by atoms with E-state index in [-0.39, 0.29) is 12.1 Å². The molecule has 1 heterocycles. The molecule has 0 spiro atoms. The normalized spacial score (nSPS) is 10.3. The van der Waals surface area contributed by atoms with Gasteiger partial charge in [-0.25, -0.2) is 13.6 Å². The second kappa shape index (κ2) is 6.18. The number of amides is 2. The molecule has 0 aliphatic heterocycles. The molecule has 106 valence electrons. The number of urea groups is 1. The van der Waals surface area contributed by atoms with E-state index in [0.29, 0.717) is 6.54 Å². The highest BCUT2D eigenvalue weighted by Gasteiger charge is 2.06. The summed E-state index contributed by atoms with van der Waals surface area (Å²) in [7, 11) is 0. The maximum absolute atomic E-state index is 13.3. The van der Waals surface area contributed by atoms with E-state index in [9.17, 15) is 13.6 Å². The molecule has 0 atom stereocenters. The highest BCUT2D eigenvalue weighted by molar-refractivity contribution is 5.73. The van der Waals surface area contributed by atoms with Gasteiger partial charge in [-0.2, -0.15) is 0 Å². The Morgan fingerprint density at radius 3 is 2.60 bits per heavy atom. The predicted octanol–water partition coefficient (Wildman–Crippen LogP) is 2.87. The Morgan fingerprint density at radius 2 is 1.95 bits per heavy atom. The van der Waals surface area contributed by atoms with E-state index in [1.54, 1.807) is 19.3 Å². The van der Waals surface area contributed by atoms with Crippen LogP contribution in [0.15, 0.2) is 34.9 Å². The van der Waals surface area contributed by atoms with Crippen LogP contribution < -0.4 is 10.6 Å². The molecule has 0 unspecified atom stereocenters. The van der Waals surface area contributed by atoms with E-state index >= 15 is 0 Å². The zero-order valence-electron chi connectivity index (χ0n) is 10.9. The highest BCUT2D eigenvalue weighted by atomic mass is 19.1. The molecule has 0 saturated heterocycles. The highest BCUT2D eigenvalue weighted by Crippen LogP contribution is 2.09. The van der Waals surface area contributed by atoms with Crippen LogP contribution in [0.3, 0.4) is 0 Å². The number of rotatable bonds is 4. The molecule has 20 heavy (non-hydrogen) atoms. The van der Waals surface area contributed by atoms with Crippen molar-refractivity contribution < 1.29 is 18.0 Å². The lowest BCUT2D eigenvalue weighted by atomic mass is 10.2. The van der Waals surface area contributed by atoms with Crippen molar-refractivity contribution in [3.05, 3.63) is 59.1 Å². The SMILES string of the molecule is Cc1cc(CNC(=O)NCc2ccc(F)cc2F)co1. The average molecular weight is 280 g/mol. The number of carbonyl (C=O) groups excluding carboxylic acids is 1. The summed E-state index contributed by atoms with van der Waals surface area (Å²) in [5, 5.41) is 5.10. The van der Waals surface area contributed by atoms with Gasteiger partial charge in [0.05, 0.1) is 6.26 Å². The Kier molecular flexibility index (Phi) is 4.34. The van der Waals surface area contributed by atoms with Crippen LogP contribution in [0.5, 0.6) is 0 Å². The fraction of sp³-hybridized carbons (Fsp3) is 0.214. The van der Waals surface area contributed by atoms with Gasteiger partial charge in [-0.15, -0.1) is 0 Å². The fourth-order valence-corrected chi connectivity index (χ4v) is 1.68. The van der Waals surface area contributed by atoms with Gasteiger partial charge in [0.15, 0.2) is 0 Å². The molecule has 0 radical (unpaired) electrons. The molecule has 2 N–H and O–H groups in total. The lowest BCUT2D eigenvalue weighted by Crippen LogP contribution is -2.34. The van der Waals surface area contributed by atoms with E-state index in [0.717, 1.165) is 23.5 Å². The first-order valence-corrected chi connectivity index (χ1v) is 6.04. The lowest BCUT2D eigenvalue weighted by Gasteiger charge is -2.07. The van der Waals surface area contributed by atoms with Crippen LogP contribution in [0.25, 0.3) is 0 Å². The monoisotopic (exact) mass is 280 g/mol. The third-order valence-electron chi connectivity index (χ3n) is 2.69. The summed E-state index contributed by atoms with van der Waals surface area (Å²) in [5.41, 5.74) is 1.06. The maximum Gasteiger partial charge on any atom is 0.315 e. The van der Waals surface area contributed by atoms with Gasteiger partial charge in [-0.3, -0.25) is 0 Å². The van der Waals surface area contributed by atoms with Gasteiger partial charge in [-0.1, -0.05) is 6.07 Å². The van der Waals surface area contributed by atoms with E-state index in [1.807, 2.05) is 0 Å². The predicted molar refractivity (Wildman–Crippen MR) is 68.9 cm³/mol. The number of benzene rings is 1. The summed E-state index contributed by atoms with van der Waals surface area (Å²) in [6.07, 6.45) is 1.55. The lowest BCUT2D eigenvalue weighted by molar-refractivity contribution is 0.240. The first kappa shape index (κ1) is 14.0. The zero-order chi connectivity index (χ0) is 14.5. The summed E-state index contributed by atoms with van der Waals surface area (Å²) in [4.78, 5) is 11.5. The first-order chi connectivity index (χ1) is 9.54. The summed E-state index contributed by atoms with van der Waals surface area (Å²) in [6.45, 7) is 2.11.